The van der Waals surface area contributed by atoms with Gasteiger partial charge in [0.25, 0.3) is 0 Å². The zero-order chi connectivity index (χ0) is 13.7. The number of nitrogens with one attached hydrogen (secondary N) is 1. The molecule has 1 aromatic carbocycles. The fraction of sp³-hybridized carbons (Fsp3) is 0.462. The summed E-state index contributed by atoms with van der Waals surface area (Å²) in [4.78, 5) is 4.74. The van der Waals surface area contributed by atoms with E-state index in [9.17, 15) is 8.42 Å². The first kappa shape index (κ1) is 12.6. The van der Waals surface area contributed by atoms with Crippen molar-refractivity contribution in [1.29, 1.82) is 0 Å². The Labute approximate surface area is 111 Å². The van der Waals surface area contributed by atoms with Crippen LogP contribution in [-0.4, -0.2) is 32.7 Å². The van der Waals surface area contributed by atoms with Gasteiger partial charge in [-0.25, -0.2) is 13.4 Å². The van der Waals surface area contributed by atoms with E-state index in [-0.39, 0.29) is 10.3 Å². The van der Waals surface area contributed by atoms with Crippen LogP contribution in [0.25, 0.3) is 11.1 Å². The number of hydrogen-bond acceptors (Lipinski definition) is 5. The summed E-state index contributed by atoms with van der Waals surface area (Å²) in [6.07, 6.45) is 2.16. The van der Waals surface area contributed by atoms with Crippen LogP contribution >= 0.6 is 0 Å². The smallest absolute Gasteiger partial charge is 0.202 e. The highest BCUT2D eigenvalue weighted by molar-refractivity contribution is 7.90. The molecule has 0 saturated carbocycles. The number of hydrogen-bond donors (Lipinski definition) is 1. The molecule has 1 fully saturated rings. The van der Waals surface area contributed by atoms with E-state index in [2.05, 4.69) is 17.2 Å². The van der Waals surface area contributed by atoms with Crippen LogP contribution in [0, 0.1) is 0 Å². The molecule has 3 rings (SSSR count). The minimum Gasteiger partial charge on any atom is -0.440 e. The molecule has 6 heteroatoms. The molecule has 5 nitrogen and oxygen atoms in total. The molecule has 2 aromatic rings. The van der Waals surface area contributed by atoms with Crippen molar-refractivity contribution in [1.82, 2.24) is 10.3 Å². The molecule has 1 atom stereocenters. The summed E-state index contributed by atoms with van der Waals surface area (Å²) >= 11 is 0. The maximum atomic E-state index is 11.5. The average molecular weight is 280 g/mol. The maximum absolute atomic E-state index is 11.5. The SMILES string of the molecule is CC1(c2nc3cc(S(C)(=O)=O)ccc3o2)CCNC1. The first-order valence-corrected chi connectivity index (χ1v) is 8.09. The first-order valence-electron chi connectivity index (χ1n) is 6.20. The van der Waals surface area contributed by atoms with Crippen molar-refractivity contribution >= 4 is 20.9 Å². The third-order valence-electron chi connectivity index (χ3n) is 3.67. The number of rotatable bonds is 2. The Morgan fingerprint density at radius 1 is 1.42 bits per heavy atom. The number of nitrogens with zero attached hydrogens (tertiary/aromatic N) is 1. The normalized spacial score (nSPS) is 24.1. The van der Waals surface area contributed by atoms with E-state index in [1.165, 1.54) is 6.26 Å². The Morgan fingerprint density at radius 3 is 2.84 bits per heavy atom. The third-order valence-corrected chi connectivity index (χ3v) is 4.78. The Morgan fingerprint density at radius 2 is 2.21 bits per heavy atom. The molecular formula is C13H16N2O3S. The molecule has 1 aliphatic heterocycles. The van der Waals surface area contributed by atoms with Crippen LogP contribution in [0.2, 0.25) is 0 Å². The standard InChI is InChI=1S/C13H16N2O3S/c1-13(5-6-14-8-13)12-15-10-7-9(19(2,16)17)3-4-11(10)18-12/h3-4,7,14H,5-6,8H2,1-2H3. The van der Waals surface area contributed by atoms with Crippen LogP contribution in [-0.2, 0) is 15.3 Å². The Hall–Kier alpha value is -1.40. The van der Waals surface area contributed by atoms with Gasteiger partial charge in [-0.2, -0.15) is 0 Å². The molecule has 19 heavy (non-hydrogen) atoms. The molecule has 1 unspecified atom stereocenters. The molecule has 0 radical (unpaired) electrons. The summed E-state index contributed by atoms with van der Waals surface area (Å²) in [6.45, 7) is 3.89. The Bertz CT molecular complexity index is 727. The molecule has 102 valence electrons. The summed E-state index contributed by atoms with van der Waals surface area (Å²) in [6, 6.07) is 4.80. The van der Waals surface area contributed by atoms with Crippen molar-refractivity contribution in [2.75, 3.05) is 19.3 Å². The molecule has 1 saturated heterocycles. The topological polar surface area (TPSA) is 72.2 Å². The van der Waals surface area contributed by atoms with Crippen LogP contribution in [0.5, 0.6) is 0 Å². The quantitative estimate of drug-likeness (QED) is 0.902. The zero-order valence-corrected chi connectivity index (χ0v) is 11.8. The number of aromatic nitrogens is 1. The number of fused-ring (bicyclic) bond motifs is 1. The molecule has 0 aliphatic carbocycles. The van der Waals surface area contributed by atoms with Gasteiger partial charge < -0.3 is 9.73 Å². The first-order chi connectivity index (χ1) is 8.88. The summed E-state index contributed by atoms with van der Waals surface area (Å²) in [5.41, 5.74) is 1.13. The van der Waals surface area contributed by atoms with Gasteiger partial charge in [-0.1, -0.05) is 0 Å². The van der Waals surface area contributed by atoms with E-state index in [0.717, 1.165) is 19.5 Å². The lowest BCUT2D eigenvalue weighted by Crippen LogP contribution is -2.25. The second kappa shape index (κ2) is 4.05. The van der Waals surface area contributed by atoms with E-state index in [1.807, 2.05) is 0 Å². The molecule has 0 bridgehead atoms. The zero-order valence-electron chi connectivity index (χ0n) is 10.9. The predicted octanol–water partition coefficient (Wildman–Crippen LogP) is 1.48. The van der Waals surface area contributed by atoms with E-state index >= 15 is 0 Å². The highest BCUT2D eigenvalue weighted by Gasteiger charge is 2.35. The molecule has 0 amide bonds. The summed E-state index contributed by atoms with van der Waals surface area (Å²) in [5.74, 6) is 0.679. The van der Waals surface area contributed by atoms with Gasteiger partial charge in [0.05, 0.1) is 10.3 Å². The van der Waals surface area contributed by atoms with E-state index in [1.54, 1.807) is 18.2 Å². The number of oxazole rings is 1. The Balaban J connectivity index is 2.11. The monoisotopic (exact) mass is 280 g/mol. The second-order valence-corrected chi connectivity index (χ2v) is 7.42. The van der Waals surface area contributed by atoms with Crippen molar-refractivity contribution in [3.63, 3.8) is 0 Å². The van der Waals surface area contributed by atoms with Gasteiger partial charge >= 0.3 is 0 Å². The van der Waals surface area contributed by atoms with Gasteiger partial charge in [0.2, 0.25) is 5.89 Å². The van der Waals surface area contributed by atoms with Gasteiger partial charge in [-0.3, -0.25) is 0 Å². The lowest BCUT2D eigenvalue weighted by atomic mass is 9.90. The van der Waals surface area contributed by atoms with Crippen molar-refractivity contribution in [3.8, 4) is 0 Å². The minimum absolute atomic E-state index is 0.107. The van der Waals surface area contributed by atoms with Crippen LogP contribution in [0.15, 0.2) is 27.5 Å². The van der Waals surface area contributed by atoms with Gasteiger partial charge in [0, 0.05) is 12.8 Å². The predicted molar refractivity (Wildman–Crippen MR) is 72.0 cm³/mol. The van der Waals surface area contributed by atoms with Crippen LogP contribution < -0.4 is 5.32 Å². The van der Waals surface area contributed by atoms with Gasteiger partial charge in [0.1, 0.15) is 5.52 Å². The fourth-order valence-corrected chi connectivity index (χ4v) is 3.04. The summed E-state index contributed by atoms with van der Waals surface area (Å²) < 4.78 is 28.8. The Kier molecular flexibility index (Phi) is 2.69. The molecular weight excluding hydrogens is 264 g/mol. The second-order valence-electron chi connectivity index (χ2n) is 5.41. The van der Waals surface area contributed by atoms with E-state index < -0.39 is 9.84 Å². The highest BCUT2D eigenvalue weighted by atomic mass is 32.2. The van der Waals surface area contributed by atoms with Gasteiger partial charge in [0.15, 0.2) is 15.4 Å². The van der Waals surface area contributed by atoms with Gasteiger partial charge in [-0.15, -0.1) is 0 Å². The van der Waals surface area contributed by atoms with Crippen molar-refractivity contribution in [2.24, 2.45) is 0 Å². The lowest BCUT2D eigenvalue weighted by molar-refractivity contribution is 0.382. The fourth-order valence-electron chi connectivity index (χ4n) is 2.40. The number of sulfone groups is 1. The molecule has 0 spiro atoms. The van der Waals surface area contributed by atoms with Crippen molar-refractivity contribution in [3.05, 3.63) is 24.1 Å². The third kappa shape index (κ3) is 2.15. The van der Waals surface area contributed by atoms with Crippen LogP contribution in [0.4, 0.5) is 0 Å². The lowest BCUT2D eigenvalue weighted by Gasteiger charge is -2.16. The summed E-state index contributed by atoms with van der Waals surface area (Å²) in [5, 5.41) is 3.30. The average Bonchev–Trinajstić information content (AvgIpc) is 2.93. The van der Waals surface area contributed by atoms with E-state index in [4.69, 9.17) is 4.42 Å². The van der Waals surface area contributed by atoms with Gasteiger partial charge in [-0.05, 0) is 38.1 Å². The summed E-state index contributed by atoms with van der Waals surface area (Å²) in [7, 11) is -3.21. The number of benzene rings is 1. The molecule has 1 N–H and O–H groups in total. The maximum Gasteiger partial charge on any atom is 0.202 e. The van der Waals surface area contributed by atoms with Crippen molar-refractivity contribution < 1.29 is 12.8 Å². The van der Waals surface area contributed by atoms with E-state index in [0.29, 0.717) is 17.0 Å². The van der Waals surface area contributed by atoms with Crippen molar-refractivity contribution in [2.45, 2.75) is 23.7 Å². The minimum atomic E-state index is -3.21. The largest absolute Gasteiger partial charge is 0.440 e. The molecule has 2 heterocycles. The molecule has 1 aliphatic rings. The van der Waals surface area contributed by atoms with Crippen LogP contribution in [0.1, 0.15) is 19.2 Å². The highest BCUT2D eigenvalue weighted by Crippen LogP contribution is 2.32. The molecule has 1 aromatic heterocycles. The van der Waals surface area contributed by atoms with Crippen LogP contribution in [0.3, 0.4) is 0 Å².